The molecule has 1 fully saturated rings. The molecule has 0 bridgehead atoms. The maximum Gasteiger partial charge on any atom is 0.223 e. The van der Waals surface area contributed by atoms with Gasteiger partial charge in [0, 0.05) is 13.0 Å². The molecule has 1 heterocycles. The summed E-state index contributed by atoms with van der Waals surface area (Å²) in [5, 5.41) is 0. The quantitative estimate of drug-likeness (QED) is 0.857. The average Bonchev–Trinajstić information content (AvgIpc) is 2.90. The monoisotopic (exact) mass is 295 g/mol. The van der Waals surface area contributed by atoms with Crippen LogP contribution in [0.2, 0.25) is 0 Å². The van der Waals surface area contributed by atoms with Crippen molar-refractivity contribution in [2.45, 2.75) is 32.4 Å². The summed E-state index contributed by atoms with van der Waals surface area (Å²) in [7, 11) is 1.66. The minimum atomic E-state index is 0.191. The normalized spacial score (nSPS) is 17.8. The highest BCUT2D eigenvalue weighted by Crippen LogP contribution is 2.35. The smallest absolute Gasteiger partial charge is 0.223 e. The van der Waals surface area contributed by atoms with E-state index in [9.17, 15) is 4.79 Å². The van der Waals surface area contributed by atoms with Gasteiger partial charge in [-0.3, -0.25) is 4.79 Å². The van der Waals surface area contributed by atoms with Crippen molar-refractivity contribution < 1.29 is 9.53 Å². The number of amides is 1. The van der Waals surface area contributed by atoms with Gasteiger partial charge in [-0.05, 0) is 42.2 Å². The lowest BCUT2D eigenvalue weighted by Crippen LogP contribution is -2.27. The molecule has 22 heavy (non-hydrogen) atoms. The molecule has 0 spiro atoms. The molecular weight excluding hydrogens is 274 g/mol. The average molecular weight is 295 g/mol. The summed E-state index contributed by atoms with van der Waals surface area (Å²) in [6.45, 7) is 2.77. The van der Waals surface area contributed by atoms with Crippen LogP contribution < -0.4 is 4.74 Å². The second kappa shape index (κ2) is 6.22. The molecular formula is C19H21NO2. The molecule has 1 aliphatic heterocycles. The molecule has 1 saturated heterocycles. The highest BCUT2D eigenvalue weighted by molar-refractivity contribution is 5.79. The molecule has 0 N–H and O–H groups in total. The Morgan fingerprint density at radius 2 is 1.86 bits per heavy atom. The summed E-state index contributed by atoms with van der Waals surface area (Å²) in [6, 6.07) is 16.5. The summed E-state index contributed by atoms with van der Waals surface area (Å²) in [5.41, 5.74) is 3.65. The van der Waals surface area contributed by atoms with Gasteiger partial charge in [0.1, 0.15) is 5.75 Å². The molecule has 3 heteroatoms. The van der Waals surface area contributed by atoms with E-state index in [0.717, 1.165) is 17.7 Å². The Morgan fingerprint density at radius 1 is 1.14 bits per heavy atom. The number of aryl methyl sites for hydroxylation is 1. The standard InChI is InChI=1S/C19H21NO2/c1-14-5-3-4-6-17(14)18-11-12-19(21)20(18)13-15-7-9-16(22-2)10-8-15/h3-10,18H,11-13H2,1-2H3. The molecule has 114 valence electrons. The second-order valence-corrected chi connectivity index (χ2v) is 5.78. The first-order chi connectivity index (χ1) is 10.7. The third kappa shape index (κ3) is 2.84. The van der Waals surface area contributed by atoms with E-state index >= 15 is 0 Å². The van der Waals surface area contributed by atoms with Crippen molar-refractivity contribution in [2.24, 2.45) is 0 Å². The summed E-state index contributed by atoms with van der Waals surface area (Å²) >= 11 is 0. The highest BCUT2D eigenvalue weighted by atomic mass is 16.5. The Labute approximate surface area is 131 Å². The van der Waals surface area contributed by atoms with Gasteiger partial charge in [0.05, 0.1) is 13.2 Å². The molecule has 1 aliphatic rings. The summed E-state index contributed by atoms with van der Waals surface area (Å²) < 4.78 is 5.19. The van der Waals surface area contributed by atoms with E-state index < -0.39 is 0 Å². The Morgan fingerprint density at radius 3 is 2.55 bits per heavy atom. The third-order valence-corrected chi connectivity index (χ3v) is 4.39. The lowest BCUT2D eigenvalue weighted by molar-refractivity contribution is -0.129. The number of methoxy groups -OCH3 is 1. The van der Waals surface area contributed by atoms with Crippen LogP contribution in [-0.4, -0.2) is 17.9 Å². The van der Waals surface area contributed by atoms with Crippen LogP contribution in [0.25, 0.3) is 0 Å². The van der Waals surface area contributed by atoms with Gasteiger partial charge in [0.15, 0.2) is 0 Å². The minimum Gasteiger partial charge on any atom is -0.497 e. The number of nitrogens with zero attached hydrogens (tertiary/aromatic N) is 1. The van der Waals surface area contributed by atoms with Crippen molar-refractivity contribution in [3.63, 3.8) is 0 Å². The Kier molecular flexibility index (Phi) is 4.14. The van der Waals surface area contributed by atoms with Gasteiger partial charge in [-0.1, -0.05) is 36.4 Å². The van der Waals surface area contributed by atoms with E-state index in [4.69, 9.17) is 4.74 Å². The van der Waals surface area contributed by atoms with E-state index in [1.165, 1.54) is 11.1 Å². The van der Waals surface area contributed by atoms with Gasteiger partial charge in [0.25, 0.3) is 0 Å². The van der Waals surface area contributed by atoms with Crippen LogP contribution in [0.4, 0.5) is 0 Å². The molecule has 2 aromatic carbocycles. The fourth-order valence-corrected chi connectivity index (χ4v) is 3.14. The van der Waals surface area contributed by atoms with E-state index in [1.54, 1.807) is 7.11 Å². The lowest BCUT2D eigenvalue weighted by Gasteiger charge is -2.26. The number of ether oxygens (including phenoxy) is 1. The first kappa shape index (κ1) is 14.6. The number of hydrogen-bond acceptors (Lipinski definition) is 2. The Bertz CT molecular complexity index is 663. The van der Waals surface area contributed by atoms with Crippen molar-refractivity contribution in [1.82, 2.24) is 4.90 Å². The molecule has 1 unspecified atom stereocenters. The maximum absolute atomic E-state index is 12.3. The molecule has 1 amide bonds. The Balaban J connectivity index is 1.83. The first-order valence-electron chi connectivity index (χ1n) is 7.67. The van der Waals surface area contributed by atoms with E-state index in [2.05, 4.69) is 25.1 Å². The molecule has 1 atom stereocenters. The number of carbonyl (C=O) groups is 1. The number of hydrogen-bond donors (Lipinski definition) is 0. The van der Waals surface area contributed by atoms with Crippen LogP contribution in [0, 0.1) is 6.92 Å². The second-order valence-electron chi connectivity index (χ2n) is 5.78. The zero-order valence-corrected chi connectivity index (χ0v) is 13.1. The van der Waals surface area contributed by atoms with E-state index in [0.29, 0.717) is 13.0 Å². The van der Waals surface area contributed by atoms with Gasteiger partial charge < -0.3 is 9.64 Å². The van der Waals surface area contributed by atoms with Crippen LogP contribution in [0.5, 0.6) is 5.75 Å². The van der Waals surface area contributed by atoms with Crippen molar-refractivity contribution in [3.05, 3.63) is 65.2 Å². The summed E-state index contributed by atoms with van der Waals surface area (Å²) in [6.07, 6.45) is 1.54. The lowest BCUT2D eigenvalue weighted by atomic mass is 9.99. The first-order valence-corrected chi connectivity index (χ1v) is 7.67. The van der Waals surface area contributed by atoms with Crippen LogP contribution in [0.3, 0.4) is 0 Å². The highest BCUT2D eigenvalue weighted by Gasteiger charge is 2.32. The molecule has 0 aliphatic carbocycles. The van der Waals surface area contributed by atoms with Crippen LogP contribution >= 0.6 is 0 Å². The van der Waals surface area contributed by atoms with Gasteiger partial charge in [-0.15, -0.1) is 0 Å². The summed E-state index contributed by atoms with van der Waals surface area (Å²) in [4.78, 5) is 14.3. The molecule has 3 nitrogen and oxygen atoms in total. The molecule has 0 aromatic heterocycles. The maximum atomic E-state index is 12.3. The largest absolute Gasteiger partial charge is 0.497 e. The van der Waals surface area contributed by atoms with Crippen molar-refractivity contribution >= 4 is 5.91 Å². The van der Waals surface area contributed by atoms with E-state index in [1.807, 2.05) is 35.2 Å². The number of rotatable bonds is 4. The minimum absolute atomic E-state index is 0.191. The van der Waals surface area contributed by atoms with Crippen LogP contribution in [-0.2, 0) is 11.3 Å². The summed E-state index contributed by atoms with van der Waals surface area (Å²) in [5.74, 6) is 1.08. The topological polar surface area (TPSA) is 29.5 Å². The fourth-order valence-electron chi connectivity index (χ4n) is 3.14. The van der Waals surface area contributed by atoms with Gasteiger partial charge in [-0.2, -0.15) is 0 Å². The zero-order valence-electron chi connectivity index (χ0n) is 13.1. The third-order valence-electron chi connectivity index (χ3n) is 4.39. The number of carbonyl (C=O) groups excluding carboxylic acids is 1. The van der Waals surface area contributed by atoms with Gasteiger partial charge in [0.2, 0.25) is 5.91 Å². The predicted octanol–water partition coefficient (Wildman–Crippen LogP) is 3.87. The zero-order chi connectivity index (χ0) is 15.5. The predicted molar refractivity (Wildman–Crippen MR) is 86.7 cm³/mol. The van der Waals surface area contributed by atoms with Gasteiger partial charge in [-0.25, -0.2) is 0 Å². The number of benzene rings is 2. The Hall–Kier alpha value is -2.29. The molecule has 0 radical (unpaired) electrons. The van der Waals surface area contributed by atoms with Crippen molar-refractivity contribution in [1.29, 1.82) is 0 Å². The van der Waals surface area contributed by atoms with Crippen molar-refractivity contribution in [2.75, 3.05) is 7.11 Å². The fraction of sp³-hybridized carbons (Fsp3) is 0.316. The number of likely N-dealkylation sites (tertiary alicyclic amines) is 1. The van der Waals surface area contributed by atoms with Crippen LogP contribution in [0.15, 0.2) is 48.5 Å². The molecule has 0 saturated carbocycles. The van der Waals surface area contributed by atoms with Crippen molar-refractivity contribution in [3.8, 4) is 5.75 Å². The van der Waals surface area contributed by atoms with Crippen LogP contribution in [0.1, 0.15) is 35.6 Å². The SMILES string of the molecule is COc1ccc(CN2C(=O)CCC2c2ccccc2C)cc1. The molecule has 3 rings (SSSR count). The van der Waals surface area contributed by atoms with E-state index in [-0.39, 0.29) is 11.9 Å². The molecule has 2 aromatic rings. The van der Waals surface area contributed by atoms with Gasteiger partial charge >= 0.3 is 0 Å².